The van der Waals surface area contributed by atoms with E-state index in [2.05, 4.69) is 53.2 Å². The normalized spacial score (nSPS) is 16.1. The number of rotatable bonds is 6. The molecule has 0 radical (unpaired) electrons. The van der Waals surface area contributed by atoms with Crippen molar-refractivity contribution in [2.75, 3.05) is 43.5 Å². The van der Waals surface area contributed by atoms with Crippen molar-refractivity contribution < 1.29 is 9.53 Å². The Bertz CT molecular complexity index is 763. The molecule has 0 aromatic heterocycles. The van der Waals surface area contributed by atoms with Crippen LogP contribution in [0, 0.1) is 0 Å². The van der Waals surface area contributed by atoms with E-state index in [1.165, 1.54) is 11.3 Å². The van der Waals surface area contributed by atoms with Gasteiger partial charge in [-0.15, -0.1) is 0 Å². The molecule has 150 valence electrons. The number of amides is 1. The molecule has 1 aliphatic heterocycles. The molecule has 0 aliphatic carbocycles. The number of ether oxygens (including phenoxy) is 1. The van der Waals surface area contributed by atoms with E-state index in [1.54, 1.807) is 7.11 Å². The Morgan fingerprint density at radius 2 is 1.54 bits per heavy atom. The van der Waals surface area contributed by atoms with E-state index in [4.69, 9.17) is 4.74 Å². The molecule has 28 heavy (non-hydrogen) atoms. The van der Waals surface area contributed by atoms with Gasteiger partial charge in [0.05, 0.1) is 13.2 Å². The highest BCUT2D eigenvalue weighted by Gasteiger charge is 2.25. The van der Waals surface area contributed by atoms with E-state index in [-0.39, 0.29) is 11.9 Å². The van der Waals surface area contributed by atoms with Crippen LogP contribution in [0.4, 0.5) is 11.4 Å². The van der Waals surface area contributed by atoms with E-state index in [9.17, 15) is 4.79 Å². The van der Waals surface area contributed by atoms with Gasteiger partial charge >= 0.3 is 0 Å². The fraction of sp³-hybridized carbons (Fsp3) is 0.435. The van der Waals surface area contributed by atoms with Crippen LogP contribution in [0.15, 0.2) is 48.5 Å². The van der Waals surface area contributed by atoms with Gasteiger partial charge in [-0.3, -0.25) is 9.69 Å². The molecule has 0 bridgehead atoms. The zero-order valence-electron chi connectivity index (χ0n) is 17.3. The SMILES string of the molecule is COc1ccc(N2CCN([C@H](C)C(=O)Nc3ccc(C(C)C)cc3)CC2)cc1. The molecule has 0 saturated carbocycles. The minimum atomic E-state index is -0.150. The first-order valence-electron chi connectivity index (χ1n) is 10.0. The standard InChI is InChI=1S/C23H31N3O2/c1-17(2)19-5-7-20(8-6-19)24-23(27)18(3)25-13-15-26(16-14-25)21-9-11-22(28-4)12-10-21/h5-12,17-18H,13-16H2,1-4H3,(H,24,27)/t18-/m1/s1. The number of benzene rings is 2. The molecule has 0 spiro atoms. The van der Waals surface area contributed by atoms with Crippen LogP contribution in [-0.4, -0.2) is 50.1 Å². The summed E-state index contributed by atoms with van der Waals surface area (Å²) in [5, 5.41) is 3.05. The van der Waals surface area contributed by atoms with Crippen LogP contribution >= 0.6 is 0 Å². The Kier molecular flexibility index (Phi) is 6.57. The molecule has 1 heterocycles. The van der Waals surface area contributed by atoms with Crippen molar-refractivity contribution in [2.45, 2.75) is 32.7 Å². The topological polar surface area (TPSA) is 44.8 Å². The number of carbonyl (C=O) groups excluding carboxylic acids is 1. The zero-order valence-corrected chi connectivity index (χ0v) is 17.3. The van der Waals surface area contributed by atoms with Crippen molar-refractivity contribution in [1.82, 2.24) is 4.90 Å². The molecule has 1 atom stereocenters. The number of nitrogens with zero attached hydrogens (tertiary/aromatic N) is 2. The van der Waals surface area contributed by atoms with Gasteiger partial charge in [0.15, 0.2) is 0 Å². The lowest BCUT2D eigenvalue weighted by molar-refractivity contribution is -0.120. The van der Waals surface area contributed by atoms with Crippen molar-refractivity contribution in [3.63, 3.8) is 0 Å². The number of hydrogen-bond acceptors (Lipinski definition) is 4. The summed E-state index contributed by atoms with van der Waals surface area (Å²) in [6.45, 7) is 9.88. The van der Waals surface area contributed by atoms with Gasteiger partial charge in [0.1, 0.15) is 5.75 Å². The summed E-state index contributed by atoms with van der Waals surface area (Å²) in [5.41, 5.74) is 3.33. The third kappa shape index (κ3) is 4.84. The Morgan fingerprint density at radius 3 is 2.07 bits per heavy atom. The molecule has 1 amide bonds. The molecule has 1 fully saturated rings. The van der Waals surface area contributed by atoms with Crippen molar-refractivity contribution in [3.05, 3.63) is 54.1 Å². The van der Waals surface area contributed by atoms with Crippen LogP contribution in [0.2, 0.25) is 0 Å². The van der Waals surface area contributed by atoms with Crippen LogP contribution in [0.1, 0.15) is 32.3 Å². The lowest BCUT2D eigenvalue weighted by atomic mass is 10.0. The van der Waals surface area contributed by atoms with E-state index in [1.807, 2.05) is 31.2 Å². The quantitative estimate of drug-likeness (QED) is 0.822. The molecule has 1 saturated heterocycles. The van der Waals surface area contributed by atoms with Crippen LogP contribution in [0.5, 0.6) is 5.75 Å². The van der Waals surface area contributed by atoms with Crippen LogP contribution in [0.25, 0.3) is 0 Å². The summed E-state index contributed by atoms with van der Waals surface area (Å²) in [6, 6.07) is 16.1. The van der Waals surface area contributed by atoms with Crippen molar-refractivity contribution in [2.24, 2.45) is 0 Å². The monoisotopic (exact) mass is 381 g/mol. The van der Waals surface area contributed by atoms with Gasteiger partial charge in [-0.2, -0.15) is 0 Å². The number of hydrogen-bond donors (Lipinski definition) is 1. The van der Waals surface area contributed by atoms with E-state index < -0.39 is 0 Å². The van der Waals surface area contributed by atoms with Crippen molar-refractivity contribution in [1.29, 1.82) is 0 Å². The van der Waals surface area contributed by atoms with Gasteiger partial charge in [-0.25, -0.2) is 0 Å². The molecule has 1 aliphatic rings. The fourth-order valence-electron chi connectivity index (χ4n) is 3.52. The summed E-state index contributed by atoms with van der Waals surface area (Å²) >= 11 is 0. The van der Waals surface area contributed by atoms with Gasteiger partial charge < -0.3 is 15.0 Å². The first kappa shape index (κ1) is 20.2. The summed E-state index contributed by atoms with van der Waals surface area (Å²) in [5.74, 6) is 1.41. The molecule has 2 aromatic rings. The number of methoxy groups -OCH3 is 1. The number of carbonyl (C=O) groups is 1. The minimum absolute atomic E-state index is 0.0511. The first-order chi connectivity index (χ1) is 13.5. The number of piperazine rings is 1. The Hall–Kier alpha value is -2.53. The average molecular weight is 382 g/mol. The largest absolute Gasteiger partial charge is 0.497 e. The second kappa shape index (κ2) is 9.11. The highest BCUT2D eigenvalue weighted by Crippen LogP contribution is 2.21. The van der Waals surface area contributed by atoms with Crippen LogP contribution < -0.4 is 15.0 Å². The summed E-state index contributed by atoms with van der Waals surface area (Å²) in [6.07, 6.45) is 0. The van der Waals surface area contributed by atoms with Crippen molar-refractivity contribution >= 4 is 17.3 Å². The van der Waals surface area contributed by atoms with Crippen LogP contribution in [0.3, 0.4) is 0 Å². The predicted molar refractivity (Wildman–Crippen MR) is 115 cm³/mol. The predicted octanol–water partition coefficient (Wildman–Crippen LogP) is 3.97. The third-order valence-corrected chi connectivity index (χ3v) is 5.52. The maximum Gasteiger partial charge on any atom is 0.241 e. The van der Waals surface area contributed by atoms with Gasteiger partial charge in [0, 0.05) is 37.6 Å². The molecule has 0 unspecified atom stereocenters. The molecule has 5 heteroatoms. The molecular weight excluding hydrogens is 350 g/mol. The number of anilines is 2. The Balaban J connectivity index is 1.52. The third-order valence-electron chi connectivity index (χ3n) is 5.52. The fourth-order valence-corrected chi connectivity index (χ4v) is 3.52. The Labute approximate surface area is 168 Å². The summed E-state index contributed by atoms with van der Waals surface area (Å²) in [4.78, 5) is 17.3. The van der Waals surface area contributed by atoms with Crippen molar-refractivity contribution in [3.8, 4) is 5.75 Å². The van der Waals surface area contributed by atoms with Gasteiger partial charge in [0.25, 0.3) is 0 Å². The van der Waals surface area contributed by atoms with E-state index in [0.29, 0.717) is 5.92 Å². The van der Waals surface area contributed by atoms with Gasteiger partial charge in [-0.05, 0) is 54.8 Å². The van der Waals surface area contributed by atoms with Gasteiger partial charge in [0.2, 0.25) is 5.91 Å². The lowest BCUT2D eigenvalue weighted by Crippen LogP contribution is -2.52. The highest BCUT2D eigenvalue weighted by atomic mass is 16.5. The smallest absolute Gasteiger partial charge is 0.241 e. The molecule has 3 rings (SSSR count). The average Bonchev–Trinajstić information content (AvgIpc) is 2.73. The second-order valence-electron chi connectivity index (χ2n) is 7.66. The summed E-state index contributed by atoms with van der Waals surface area (Å²) < 4.78 is 5.23. The number of nitrogens with one attached hydrogen (secondary N) is 1. The first-order valence-corrected chi connectivity index (χ1v) is 10.0. The molecule has 1 N–H and O–H groups in total. The lowest BCUT2D eigenvalue weighted by Gasteiger charge is -2.38. The molecule has 2 aromatic carbocycles. The molecule has 5 nitrogen and oxygen atoms in total. The van der Waals surface area contributed by atoms with Gasteiger partial charge in [-0.1, -0.05) is 26.0 Å². The zero-order chi connectivity index (χ0) is 20.1. The molecular formula is C23H31N3O2. The summed E-state index contributed by atoms with van der Waals surface area (Å²) in [7, 11) is 1.68. The maximum atomic E-state index is 12.7. The van der Waals surface area contributed by atoms with Crippen LogP contribution in [-0.2, 0) is 4.79 Å². The van der Waals surface area contributed by atoms with E-state index >= 15 is 0 Å². The Morgan fingerprint density at radius 1 is 0.929 bits per heavy atom. The maximum absolute atomic E-state index is 12.7. The van der Waals surface area contributed by atoms with E-state index in [0.717, 1.165) is 37.6 Å². The minimum Gasteiger partial charge on any atom is -0.497 e. The highest BCUT2D eigenvalue weighted by molar-refractivity contribution is 5.94. The second-order valence-corrected chi connectivity index (χ2v) is 7.66.